The minimum absolute atomic E-state index is 0.461. The SMILES string of the molecule is CNCc1ccc(OC)c(OC/C(C)=C/Cl)c1. The third kappa shape index (κ3) is 4.29. The molecule has 1 aromatic rings. The number of hydrogen-bond donors (Lipinski definition) is 1. The summed E-state index contributed by atoms with van der Waals surface area (Å²) in [5.41, 5.74) is 3.63. The maximum absolute atomic E-state index is 5.66. The van der Waals surface area contributed by atoms with Crippen molar-refractivity contribution in [2.45, 2.75) is 13.5 Å². The normalized spacial score (nSPS) is 11.4. The summed E-state index contributed by atoms with van der Waals surface area (Å²) in [6.07, 6.45) is 0. The highest BCUT2D eigenvalue weighted by molar-refractivity contribution is 6.25. The molecule has 0 aliphatic carbocycles. The standard InChI is InChI=1S/C13H18ClNO2/c1-10(7-14)9-17-13-6-11(8-15-2)4-5-12(13)16-3/h4-7,15H,8-9H2,1-3H3/b10-7+. The molecule has 0 radical (unpaired) electrons. The van der Waals surface area contributed by atoms with E-state index in [1.165, 1.54) is 5.54 Å². The third-order valence-electron chi connectivity index (χ3n) is 2.25. The molecule has 0 bridgehead atoms. The van der Waals surface area contributed by atoms with Crippen LogP contribution in [0.2, 0.25) is 0 Å². The Kier molecular flexibility index (Phi) is 5.87. The van der Waals surface area contributed by atoms with E-state index in [1.54, 1.807) is 7.11 Å². The summed E-state index contributed by atoms with van der Waals surface area (Å²) in [6.45, 7) is 3.17. The van der Waals surface area contributed by atoms with E-state index in [0.29, 0.717) is 6.61 Å². The first-order valence-electron chi connectivity index (χ1n) is 5.41. The van der Waals surface area contributed by atoms with Crippen LogP contribution >= 0.6 is 11.6 Å². The molecule has 1 N–H and O–H groups in total. The number of halogens is 1. The van der Waals surface area contributed by atoms with Gasteiger partial charge in [0.2, 0.25) is 0 Å². The van der Waals surface area contributed by atoms with Crippen LogP contribution in [0.1, 0.15) is 12.5 Å². The van der Waals surface area contributed by atoms with E-state index in [9.17, 15) is 0 Å². The lowest BCUT2D eigenvalue weighted by atomic mass is 10.2. The van der Waals surface area contributed by atoms with Crippen LogP contribution in [0, 0.1) is 0 Å². The van der Waals surface area contributed by atoms with Gasteiger partial charge in [0.1, 0.15) is 6.61 Å². The highest BCUT2D eigenvalue weighted by atomic mass is 35.5. The van der Waals surface area contributed by atoms with Gasteiger partial charge in [-0.25, -0.2) is 0 Å². The molecule has 0 amide bonds. The van der Waals surface area contributed by atoms with Gasteiger partial charge < -0.3 is 14.8 Å². The summed E-state index contributed by atoms with van der Waals surface area (Å²) >= 11 is 5.59. The van der Waals surface area contributed by atoms with Gasteiger partial charge in [-0.2, -0.15) is 0 Å². The van der Waals surface area contributed by atoms with Crippen molar-refractivity contribution in [3.05, 3.63) is 34.9 Å². The lowest BCUT2D eigenvalue weighted by Gasteiger charge is -2.12. The molecule has 0 saturated carbocycles. The largest absolute Gasteiger partial charge is 0.493 e. The van der Waals surface area contributed by atoms with Crippen LogP contribution in [0.4, 0.5) is 0 Å². The molecule has 0 aliphatic rings. The molecule has 0 spiro atoms. The van der Waals surface area contributed by atoms with E-state index in [-0.39, 0.29) is 0 Å². The molecule has 17 heavy (non-hydrogen) atoms. The molecule has 1 aromatic carbocycles. The fraction of sp³-hybridized carbons (Fsp3) is 0.385. The Hall–Kier alpha value is -1.19. The number of benzene rings is 1. The zero-order valence-electron chi connectivity index (χ0n) is 10.4. The van der Waals surface area contributed by atoms with Crippen LogP contribution in [0.25, 0.3) is 0 Å². The second-order valence-electron chi connectivity index (χ2n) is 3.76. The van der Waals surface area contributed by atoms with Crippen molar-refractivity contribution in [2.24, 2.45) is 0 Å². The Morgan fingerprint density at radius 2 is 2.18 bits per heavy atom. The van der Waals surface area contributed by atoms with Crippen molar-refractivity contribution in [1.29, 1.82) is 0 Å². The van der Waals surface area contributed by atoms with Gasteiger partial charge in [0.25, 0.3) is 0 Å². The molecule has 0 aliphatic heterocycles. The molecule has 0 atom stereocenters. The molecule has 1 rings (SSSR count). The molecule has 0 unspecified atom stereocenters. The van der Waals surface area contributed by atoms with Gasteiger partial charge in [0, 0.05) is 12.1 Å². The van der Waals surface area contributed by atoms with E-state index in [4.69, 9.17) is 21.1 Å². The molecule has 3 nitrogen and oxygen atoms in total. The highest BCUT2D eigenvalue weighted by Crippen LogP contribution is 2.28. The van der Waals surface area contributed by atoms with Crippen molar-refractivity contribution >= 4 is 11.6 Å². The van der Waals surface area contributed by atoms with E-state index in [2.05, 4.69) is 5.32 Å². The average Bonchev–Trinajstić information content (AvgIpc) is 2.36. The summed E-state index contributed by atoms with van der Waals surface area (Å²) in [5.74, 6) is 1.46. The van der Waals surface area contributed by atoms with Crippen LogP contribution in [-0.4, -0.2) is 20.8 Å². The second-order valence-corrected chi connectivity index (χ2v) is 3.98. The van der Waals surface area contributed by atoms with Crippen LogP contribution in [-0.2, 0) is 6.54 Å². The predicted molar refractivity (Wildman–Crippen MR) is 70.9 cm³/mol. The predicted octanol–water partition coefficient (Wildman–Crippen LogP) is 2.94. The molecule has 0 fully saturated rings. The number of nitrogens with one attached hydrogen (secondary N) is 1. The van der Waals surface area contributed by atoms with E-state index >= 15 is 0 Å². The molecule has 4 heteroatoms. The van der Waals surface area contributed by atoms with Crippen molar-refractivity contribution in [1.82, 2.24) is 5.32 Å². The zero-order chi connectivity index (χ0) is 12.7. The van der Waals surface area contributed by atoms with E-state index in [0.717, 1.165) is 29.2 Å². The first-order chi connectivity index (χ1) is 8.21. The Labute approximate surface area is 107 Å². The summed E-state index contributed by atoms with van der Waals surface area (Å²) in [6, 6.07) is 5.88. The van der Waals surface area contributed by atoms with Gasteiger partial charge in [-0.1, -0.05) is 17.7 Å². The van der Waals surface area contributed by atoms with Gasteiger partial charge in [0.05, 0.1) is 7.11 Å². The molecule has 0 heterocycles. The summed E-state index contributed by atoms with van der Waals surface area (Å²) in [5, 5.41) is 3.10. The maximum Gasteiger partial charge on any atom is 0.161 e. The van der Waals surface area contributed by atoms with Crippen molar-refractivity contribution in [3.8, 4) is 11.5 Å². The van der Waals surface area contributed by atoms with Gasteiger partial charge in [0.15, 0.2) is 11.5 Å². The van der Waals surface area contributed by atoms with Gasteiger partial charge in [-0.15, -0.1) is 0 Å². The minimum atomic E-state index is 0.461. The van der Waals surface area contributed by atoms with E-state index < -0.39 is 0 Å². The summed E-state index contributed by atoms with van der Waals surface area (Å²) in [7, 11) is 3.54. The van der Waals surface area contributed by atoms with Crippen molar-refractivity contribution < 1.29 is 9.47 Å². The number of ether oxygens (including phenoxy) is 2. The van der Waals surface area contributed by atoms with Gasteiger partial charge in [-0.05, 0) is 37.2 Å². The zero-order valence-corrected chi connectivity index (χ0v) is 11.2. The topological polar surface area (TPSA) is 30.5 Å². The lowest BCUT2D eigenvalue weighted by molar-refractivity contribution is 0.319. The molecule has 0 saturated heterocycles. The second kappa shape index (κ2) is 7.20. The fourth-order valence-electron chi connectivity index (χ4n) is 1.37. The Morgan fingerprint density at radius 3 is 2.76 bits per heavy atom. The van der Waals surface area contributed by atoms with E-state index in [1.807, 2.05) is 32.2 Å². The Bertz CT molecular complexity index is 391. The highest BCUT2D eigenvalue weighted by Gasteiger charge is 2.05. The number of rotatable bonds is 6. The molecule has 94 valence electrons. The minimum Gasteiger partial charge on any atom is -0.493 e. The summed E-state index contributed by atoms with van der Waals surface area (Å²) in [4.78, 5) is 0. The average molecular weight is 256 g/mol. The maximum atomic E-state index is 5.66. The van der Waals surface area contributed by atoms with Crippen LogP contribution < -0.4 is 14.8 Å². The van der Waals surface area contributed by atoms with Gasteiger partial charge in [-0.3, -0.25) is 0 Å². The van der Waals surface area contributed by atoms with Crippen LogP contribution in [0.15, 0.2) is 29.3 Å². The molecular formula is C13H18ClNO2. The molecular weight excluding hydrogens is 238 g/mol. The third-order valence-corrected chi connectivity index (χ3v) is 2.62. The first kappa shape index (κ1) is 13.9. The first-order valence-corrected chi connectivity index (χ1v) is 5.85. The number of methoxy groups -OCH3 is 1. The Balaban J connectivity index is 2.82. The quantitative estimate of drug-likeness (QED) is 0.848. The van der Waals surface area contributed by atoms with Crippen molar-refractivity contribution in [2.75, 3.05) is 20.8 Å². The van der Waals surface area contributed by atoms with Crippen LogP contribution in [0.5, 0.6) is 11.5 Å². The fourth-order valence-corrected chi connectivity index (χ4v) is 1.43. The van der Waals surface area contributed by atoms with Crippen LogP contribution in [0.3, 0.4) is 0 Å². The number of hydrogen-bond acceptors (Lipinski definition) is 3. The molecule has 0 aromatic heterocycles. The van der Waals surface area contributed by atoms with Gasteiger partial charge >= 0.3 is 0 Å². The Morgan fingerprint density at radius 1 is 1.41 bits per heavy atom. The summed E-state index contributed by atoms with van der Waals surface area (Å²) < 4.78 is 10.9. The smallest absolute Gasteiger partial charge is 0.161 e. The lowest BCUT2D eigenvalue weighted by Crippen LogP contribution is -2.06. The monoisotopic (exact) mass is 255 g/mol. The van der Waals surface area contributed by atoms with Crippen molar-refractivity contribution in [3.63, 3.8) is 0 Å².